The number of hydrogen-bond donors (Lipinski definition) is 1. The predicted molar refractivity (Wildman–Crippen MR) is 83.7 cm³/mol. The number of hydrogen-bond acceptors (Lipinski definition) is 3. The van der Waals surface area contributed by atoms with Gasteiger partial charge in [0, 0.05) is 18.2 Å². The molecule has 1 aliphatic heterocycles. The quantitative estimate of drug-likeness (QED) is 0.874. The number of rotatable bonds is 6. The van der Waals surface area contributed by atoms with E-state index in [2.05, 4.69) is 16.8 Å². The van der Waals surface area contributed by atoms with E-state index < -0.39 is 6.10 Å². The maximum Gasteiger partial charge on any atom is 0.129 e. The van der Waals surface area contributed by atoms with E-state index in [-0.39, 0.29) is 5.82 Å². The van der Waals surface area contributed by atoms with Gasteiger partial charge >= 0.3 is 0 Å². The molecule has 0 aliphatic carbocycles. The molecular formula is C17H27FN2O. The Labute approximate surface area is 127 Å². The molecule has 2 rings (SSSR count). The lowest BCUT2D eigenvalue weighted by Gasteiger charge is -2.33. The van der Waals surface area contributed by atoms with Crippen molar-refractivity contribution in [2.24, 2.45) is 0 Å². The summed E-state index contributed by atoms with van der Waals surface area (Å²) in [6.07, 6.45) is 4.23. The minimum Gasteiger partial charge on any atom is -0.387 e. The number of aliphatic hydroxyl groups is 1. The van der Waals surface area contributed by atoms with Gasteiger partial charge in [-0.3, -0.25) is 0 Å². The molecule has 0 amide bonds. The van der Waals surface area contributed by atoms with Crippen molar-refractivity contribution in [3.8, 4) is 0 Å². The monoisotopic (exact) mass is 294 g/mol. The Morgan fingerprint density at radius 3 is 2.86 bits per heavy atom. The maximum absolute atomic E-state index is 13.6. The van der Waals surface area contributed by atoms with Gasteiger partial charge in [0.15, 0.2) is 0 Å². The maximum atomic E-state index is 13.6. The molecule has 0 aromatic heterocycles. The molecule has 4 heteroatoms. The molecule has 0 spiro atoms. The van der Waals surface area contributed by atoms with E-state index in [1.54, 1.807) is 18.2 Å². The molecule has 0 saturated carbocycles. The average Bonchev–Trinajstić information content (AvgIpc) is 2.46. The van der Waals surface area contributed by atoms with E-state index in [1.165, 1.54) is 31.9 Å². The number of benzene rings is 1. The van der Waals surface area contributed by atoms with Crippen LogP contribution in [0.5, 0.6) is 0 Å². The van der Waals surface area contributed by atoms with Crippen LogP contribution >= 0.6 is 0 Å². The van der Waals surface area contributed by atoms with Crippen molar-refractivity contribution in [2.45, 2.75) is 37.8 Å². The van der Waals surface area contributed by atoms with Crippen LogP contribution in [-0.4, -0.2) is 54.7 Å². The van der Waals surface area contributed by atoms with Gasteiger partial charge in [0.05, 0.1) is 6.10 Å². The van der Waals surface area contributed by atoms with Crippen molar-refractivity contribution < 1.29 is 9.50 Å². The Bertz CT molecular complexity index is 441. The summed E-state index contributed by atoms with van der Waals surface area (Å²) in [5, 5.41) is 10.2. The number of halogens is 1. The standard InChI is InChI=1S/C17H27FN2O/c1-19(12-10-14-7-5-6-11-20(14)2)13-17(21)15-8-3-4-9-16(15)18/h3-4,8-9,14,17,21H,5-7,10-13H2,1-2H3. The summed E-state index contributed by atoms with van der Waals surface area (Å²) in [7, 11) is 4.19. The van der Waals surface area contributed by atoms with Gasteiger partial charge in [-0.25, -0.2) is 4.39 Å². The Balaban J connectivity index is 1.78. The van der Waals surface area contributed by atoms with Crippen LogP contribution in [0.3, 0.4) is 0 Å². The lowest BCUT2D eigenvalue weighted by Crippen LogP contribution is -2.39. The van der Waals surface area contributed by atoms with E-state index in [0.717, 1.165) is 13.0 Å². The fourth-order valence-electron chi connectivity index (χ4n) is 3.11. The molecule has 1 aromatic carbocycles. The topological polar surface area (TPSA) is 26.7 Å². The molecule has 1 fully saturated rings. The molecule has 2 unspecified atom stereocenters. The van der Waals surface area contributed by atoms with Crippen LogP contribution < -0.4 is 0 Å². The Hall–Kier alpha value is -0.970. The van der Waals surface area contributed by atoms with Crippen molar-refractivity contribution in [3.05, 3.63) is 35.6 Å². The molecule has 2 atom stereocenters. The Kier molecular flexibility index (Phi) is 6.15. The summed E-state index contributed by atoms with van der Waals surface area (Å²) in [4.78, 5) is 4.53. The molecule has 1 heterocycles. The first-order chi connectivity index (χ1) is 10.1. The van der Waals surface area contributed by atoms with E-state index in [0.29, 0.717) is 18.2 Å². The fraction of sp³-hybridized carbons (Fsp3) is 0.647. The molecular weight excluding hydrogens is 267 g/mol. The second kappa shape index (κ2) is 7.87. The minimum absolute atomic E-state index is 0.328. The van der Waals surface area contributed by atoms with Crippen LogP contribution in [0.2, 0.25) is 0 Å². The lowest BCUT2D eigenvalue weighted by atomic mass is 10.00. The van der Waals surface area contributed by atoms with Crippen LogP contribution in [0.1, 0.15) is 37.4 Å². The van der Waals surface area contributed by atoms with Gasteiger partial charge in [0.25, 0.3) is 0 Å². The largest absolute Gasteiger partial charge is 0.387 e. The highest BCUT2D eigenvalue weighted by molar-refractivity contribution is 5.19. The first-order valence-corrected chi connectivity index (χ1v) is 7.89. The van der Waals surface area contributed by atoms with Gasteiger partial charge in [-0.05, 0) is 52.5 Å². The van der Waals surface area contributed by atoms with Gasteiger partial charge in [0.2, 0.25) is 0 Å². The molecule has 0 bridgehead atoms. The molecule has 118 valence electrons. The van der Waals surface area contributed by atoms with Gasteiger partial charge in [0.1, 0.15) is 5.82 Å². The van der Waals surface area contributed by atoms with Crippen molar-refractivity contribution in [2.75, 3.05) is 33.7 Å². The lowest BCUT2D eigenvalue weighted by molar-refractivity contribution is 0.110. The SMILES string of the molecule is CN(CCC1CCCCN1C)CC(O)c1ccccc1F. The second-order valence-electron chi connectivity index (χ2n) is 6.22. The summed E-state index contributed by atoms with van der Waals surface area (Å²) in [5.74, 6) is -0.328. The first-order valence-electron chi connectivity index (χ1n) is 7.89. The first kappa shape index (κ1) is 16.4. The molecule has 1 N–H and O–H groups in total. The van der Waals surface area contributed by atoms with Gasteiger partial charge in [-0.15, -0.1) is 0 Å². The summed E-state index contributed by atoms with van der Waals surface area (Å²) in [6.45, 7) is 2.59. The third-order valence-electron chi connectivity index (χ3n) is 4.51. The van der Waals surface area contributed by atoms with Crippen molar-refractivity contribution in [3.63, 3.8) is 0 Å². The van der Waals surface area contributed by atoms with Crippen LogP contribution in [0.15, 0.2) is 24.3 Å². The van der Waals surface area contributed by atoms with Crippen LogP contribution in [0, 0.1) is 5.82 Å². The zero-order valence-corrected chi connectivity index (χ0v) is 13.1. The molecule has 21 heavy (non-hydrogen) atoms. The normalized spacial score (nSPS) is 21.7. The third-order valence-corrected chi connectivity index (χ3v) is 4.51. The minimum atomic E-state index is -0.764. The van der Waals surface area contributed by atoms with Gasteiger partial charge in [-0.2, -0.15) is 0 Å². The summed E-state index contributed by atoms with van der Waals surface area (Å²) >= 11 is 0. The van der Waals surface area contributed by atoms with Crippen molar-refractivity contribution >= 4 is 0 Å². The highest BCUT2D eigenvalue weighted by Gasteiger charge is 2.20. The van der Waals surface area contributed by atoms with E-state index in [1.807, 2.05) is 7.05 Å². The number of nitrogens with zero attached hydrogens (tertiary/aromatic N) is 2. The third kappa shape index (κ3) is 4.77. The zero-order valence-electron chi connectivity index (χ0n) is 13.1. The van der Waals surface area contributed by atoms with Crippen LogP contribution in [0.25, 0.3) is 0 Å². The molecule has 3 nitrogen and oxygen atoms in total. The fourth-order valence-corrected chi connectivity index (χ4v) is 3.11. The number of likely N-dealkylation sites (N-methyl/N-ethyl adjacent to an activating group) is 1. The van der Waals surface area contributed by atoms with Crippen molar-refractivity contribution in [1.29, 1.82) is 0 Å². The summed E-state index contributed by atoms with van der Waals surface area (Å²) < 4.78 is 13.6. The zero-order chi connectivity index (χ0) is 15.2. The Morgan fingerprint density at radius 2 is 2.14 bits per heavy atom. The highest BCUT2D eigenvalue weighted by atomic mass is 19.1. The molecule has 1 saturated heterocycles. The molecule has 0 radical (unpaired) electrons. The smallest absolute Gasteiger partial charge is 0.129 e. The number of aliphatic hydroxyl groups excluding tert-OH is 1. The predicted octanol–water partition coefficient (Wildman–Crippen LogP) is 2.67. The van der Waals surface area contributed by atoms with Gasteiger partial charge < -0.3 is 14.9 Å². The van der Waals surface area contributed by atoms with E-state index in [4.69, 9.17) is 0 Å². The number of piperidine rings is 1. The second-order valence-corrected chi connectivity index (χ2v) is 6.22. The average molecular weight is 294 g/mol. The summed E-state index contributed by atoms with van der Waals surface area (Å²) in [6, 6.07) is 7.11. The van der Waals surface area contributed by atoms with Crippen LogP contribution in [-0.2, 0) is 0 Å². The molecule has 1 aromatic rings. The molecule has 1 aliphatic rings. The van der Waals surface area contributed by atoms with Crippen LogP contribution in [0.4, 0.5) is 4.39 Å². The van der Waals surface area contributed by atoms with Crippen molar-refractivity contribution in [1.82, 2.24) is 9.80 Å². The van der Waals surface area contributed by atoms with Gasteiger partial charge in [-0.1, -0.05) is 24.6 Å². The number of likely N-dealkylation sites (tertiary alicyclic amines) is 1. The van der Waals surface area contributed by atoms with E-state index >= 15 is 0 Å². The van der Waals surface area contributed by atoms with E-state index in [9.17, 15) is 9.50 Å². The highest BCUT2D eigenvalue weighted by Crippen LogP contribution is 2.20. The Morgan fingerprint density at radius 1 is 1.38 bits per heavy atom. The summed E-state index contributed by atoms with van der Waals surface area (Å²) in [5.41, 5.74) is 0.388.